The van der Waals surface area contributed by atoms with E-state index in [1.165, 1.54) is 38.9 Å². The predicted octanol–water partition coefficient (Wildman–Crippen LogP) is 1.31. The van der Waals surface area contributed by atoms with Crippen molar-refractivity contribution < 1.29 is 0 Å². The van der Waals surface area contributed by atoms with E-state index in [-0.39, 0.29) is 0 Å². The van der Waals surface area contributed by atoms with Crippen LogP contribution in [0.4, 0.5) is 0 Å². The minimum atomic E-state index is 0.547. The molecule has 1 saturated heterocycles. The number of nitrogens with one attached hydrogen (secondary N) is 2. The van der Waals surface area contributed by atoms with Gasteiger partial charge in [0.2, 0.25) is 0 Å². The molecule has 6 nitrogen and oxygen atoms in total. The molecule has 2 N–H and O–H groups in total. The van der Waals surface area contributed by atoms with Crippen LogP contribution in [0.15, 0.2) is 23.5 Å². The zero-order valence-electron chi connectivity index (χ0n) is 14.0. The molecule has 2 rings (SSSR count). The second-order valence-electron chi connectivity index (χ2n) is 5.88. The Morgan fingerprint density at radius 2 is 2.14 bits per heavy atom. The van der Waals surface area contributed by atoms with E-state index in [4.69, 9.17) is 0 Å². The van der Waals surface area contributed by atoms with Crippen molar-refractivity contribution in [3.63, 3.8) is 0 Å². The minimum absolute atomic E-state index is 0.547. The largest absolute Gasteiger partial charge is 0.356 e. The van der Waals surface area contributed by atoms with Crippen LogP contribution >= 0.6 is 0 Å². The fourth-order valence-electron chi connectivity index (χ4n) is 2.89. The lowest BCUT2D eigenvalue weighted by molar-refractivity contribution is 0.206. The first-order valence-corrected chi connectivity index (χ1v) is 8.48. The third-order valence-electron chi connectivity index (χ3n) is 4.11. The summed E-state index contributed by atoms with van der Waals surface area (Å²) in [5, 5.41) is 11.2. The molecular weight excluding hydrogens is 276 g/mol. The number of guanidine groups is 1. The molecule has 0 spiro atoms. The molecule has 6 heteroatoms. The van der Waals surface area contributed by atoms with Crippen LogP contribution in [0.1, 0.15) is 32.6 Å². The molecule has 0 atom stereocenters. The van der Waals surface area contributed by atoms with Crippen molar-refractivity contribution in [1.29, 1.82) is 0 Å². The molecule has 0 amide bonds. The van der Waals surface area contributed by atoms with Gasteiger partial charge in [0, 0.05) is 51.7 Å². The van der Waals surface area contributed by atoms with Gasteiger partial charge in [-0.3, -0.25) is 9.67 Å². The number of hydrogen-bond donors (Lipinski definition) is 2. The number of likely N-dealkylation sites (tertiary alicyclic amines) is 1. The summed E-state index contributed by atoms with van der Waals surface area (Å²) in [6.45, 7) is 7.72. The summed E-state index contributed by atoms with van der Waals surface area (Å²) in [5.74, 6) is 0.925. The van der Waals surface area contributed by atoms with Crippen LogP contribution < -0.4 is 10.6 Å². The molecule has 1 fully saturated rings. The molecule has 1 aliphatic heterocycles. The van der Waals surface area contributed by atoms with Crippen LogP contribution in [0.3, 0.4) is 0 Å². The van der Waals surface area contributed by atoms with E-state index in [2.05, 4.69) is 32.5 Å². The lowest BCUT2D eigenvalue weighted by Crippen LogP contribution is -2.48. The van der Waals surface area contributed by atoms with Gasteiger partial charge in [-0.25, -0.2) is 0 Å². The fourth-order valence-corrected chi connectivity index (χ4v) is 2.89. The molecular formula is C16H30N6. The molecule has 0 radical (unpaired) electrons. The smallest absolute Gasteiger partial charge is 0.191 e. The van der Waals surface area contributed by atoms with Crippen molar-refractivity contribution in [3.05, 3.63) is 18.5 Å². The highest BCUT2D eigenvalue weighted by atomic mass is 15.3. The lowest BCUT2D eigenvalue weighted by Gasteiger charge is -2.32. The molecule has 22 heavy (non-hydrogen) atoms. The highest BCUT2D eigenvalue weighted by Crippen LogP contribution is 2.10. The minimum Gasteiger partial charge on any atom is -0.356 e. The summed E-state index contributed by atoms with van der Waals surface area (Å²) >= 11 is 0. The number of aryl methyl sites for hydroxylation is 1. The first-order valence-electron chi connectivity index (χ1n) is 8.48. The van der Waals surface area contributed by atoms with E-state index in [0.29, 0.717) is 6.04 Å². The van der Waals surface area contributed by atoms with Crippen molar-refractivity contribution in [2.24, 2.45) is 4.99 Å². The van der Waals surface area contributed by atoms with E-state index in [9.17, 15) is 0 Å². The summed E-state index contributed by atoms with van der Waals surface area (Å²) in [4.78, 5) is 6.88. The van der Waals surface area contributed by atoms with Crippen LogP contribution in [0.2, 0.25) is 0 Å². The summed E-state index contributed by atoms with van der Waals surface area (Å²) < 4.78 is 1.96. The molecule has 0 aliphatic carbocycles. The van der Waals surface area contributed by atoms with Crippen molar-refractivity contribution in [2.45, 2.75) is 45.2 Å². The Morgan fingerprint density at radius 3 is 2.77 bits per heavy atom. The fraction of sp³-hybridized carbons (Fsp3) is 0.750. The topological polar surface area (TPSA) is 57.5 Å². The zero-order valence-corrected chi connectivity index (χ0v) is 14.0. The van der Waals surface area contributed by atoms with Gasteiger partial charge in [0.1, 0.15) is 0 Å². The van der Waals surface area contributed by atoms with Gasteiger partial charge in [-0.1, -0.05) is 6.92 Å². The second-order valence-corrected chi connectivity index (χ2v) is 5.88. The summed E-state index contributed by atoms with van der Waals surface area (Å²) in [7, 11) is 1.84. The van der Waals surface area contributed by atoms with Crippen molar-refractivity contribution in [1.82, 2.24) is 25.3 Å². The van der Waals surface area contributed by atoms with Crippen LogP contribution in [0.25, 0.3) is 0 Å². The Morgan fingerprint density at radius 1 is 1.32 bits per heavy atom. The molecule has 0 bridgehead atoms. The number of aromatic nitrogens is 2. The molecule has 0 unspecified atom stereocenters. The van der Waals surface area contributed by atoms with E-state index < -0.39 is 0 Å². The van der Waals surface area contributed by atoms with Gasteiger partial charge >= 0.3 is 0 Å². The zero-order chi connectivity index (χ0) is 15.6. The Hall–Kier alpha value is -1.56. The monoisotopic (exact) mass is 306 g/mol. The Balaban J connectivity index is 1.61. The maximum atomic E-state index is 4.33. The number of rotatable bonds is 7. The van der Waals surface area contributed by atoms with E-state index in [1.54, 1.807) is 0 Å². The third-order valence-corrected chi connectivity index (χ3v) is 4.11. The number of piperidine rings is 1. The molecule has 0 aromatic carbocycles. The number of aliphatic imine (C=N–C) groups is 1. The SMILES string of the molecule is CCCN1CCC(NC(=NC)NCCCn2cccn2)CC1. The molecule has 0 saturated carbocycles. The first kappa shape index (κ1) is 16.8. The van der Waals surface area contributed by atoms with Crippen molar-refractivity contribution in [3.8, 4) is 0 Å². The average molecular weight is 306 g/mol. The quantitative estimate of drug-likeness (QED) is 0.453. The third kappa shape index (κ3) is 5.67. The average Bonchev–Trinajstić information content (AvgIpc) is 3.05. The predicted molar refractivity (Wildman–Crippen MR) is 91.1 cm³/mol. The molecule has 2 heterocycles. The number of nitrogens with zero attached hydrogens (tertiary/aromatic N) is 4. The van der Waals surface area contributed by atoms with Crippen molar-refractivity contribution >= 4 is 5.96 Å². The van der Waals surface area contributed by atoms with Gasteiger partial charge in [-0.2, -0.15) is 5.10 Å². The molecule has 1 aliphatic rings. The molecule has 1 aromatic rings. The van der Waals surface area contributed by atoms with Crippen LogP contribution in [0, 0.1) is 0 Å². The normalized spacial score (nSPS) is 17.6. The van der Waals surface area contributed by atoms with Gasteiger partial charge in [-0.15, -0.1) is 0 Å². The van der Waals surface area contributed by atoms with Gasteiger partial charge in [0.05, 0.1) is 0 Å². The van der Waals surface area contributed by atoms with Crippen LogP contribution in [0.5, 0.6) is 0 Å². The molecule has 1 aromatic heterocycles. The van der Waals surface area contributed by atoms with Gasteiger partial charge in [0.15, 0.2) is 5.96 Å². The summed E-state index contributed by atoms with van der Waals surface area (Å²) in [5.41, 5.74) is 0. The second kappa shape index (κ2) is 9.46. The number of hydrogen-bond acceptors (Lipinski definition) is 3. The van der Waals surface area contributed by atoms with Gasteiger partial charge < -0.3 is 15.5 Å². The van der Waals surface area contributed by atoms with Gasteiger partial charge in [-0.05, 0) is 38.3 Å². The summed E-state index contributed by atoms with van der Waals surface area (Å²) in [6, 6.07) is 2.50. The van der Waals surface area contributed by atoms with Gasteiger partial charge in [0.25, 0.3) is 0 Å². The standard InChI is InChI=1S/C16H30N6/c1-3-10-21-13-6-15(7-14-21)20-16(17-2)18-8-4-11-22-12-5-9-19-22/h5,9,12,15H,3-4,6-8,10-11,13-14H2,1-2H3,(H2,17,18,20). The highest BCUT2D eigenvalue weighted by Gasteiger charge is 2.19. The Bertz CT molecular complexity index is 420. The Kier molecular flexibility index (Phi) is 7.22. The summed E-state index contributed by atoms with van der Waals surface area (Å²) in [6.07, 6.45) is 8.51. The van der Waals surface area contributed by atoms with Crippen LogP contribution in [-0.4, -0.2) is 59.9 Å². The van der Waals surface area contributed by atoms with E-state index in [0.717, 1.165) is 25.5 Å². The first-order chi connectivity index (χ1) is 10.8. The van der Waals surface area contributed by atoms with Crippen molar-refractivity contribution in [2.75, 3.05) is 33.2 Å². The lowest BCUT2D eigenvalue weighted by atomic mass is 10.1. The maximum absolute atomic E-state index is 4.33. The Labute approximate surface area is 134 Å². The van der Waals surface area contributed by atoms with E-state index in [1.807, 2.05) is 30.2 Å². The van der Waals surface area contributed by atoms with E-state index >= 15 is 0 Å². The highest BCUT2D eigenvalue weighted by molar-refractivity contribution is 5.79. The molecule has 124 valence electrons. The maximum Gasteiger partial charge on any atom is 0.191 e. The van der Waals surface area contributed by atoms with Crippen LogP contribution in [-0.2, 0) is 6.54 Å².